The van der Waals surface area contributed by atoms with Gasteiger partial charge < -0.3 is 10.1 Å². The Bertz CT molecular complexity index is 865. The summed E-state index contributed by atoms with van der Waals surface area (Å²) in [6.07, 6.45) is 0.767. The van der Waals surface area contributed by atoms with Crippen molar-refractivity contribution in [2.45, 2.75) is 25.9 Å². The van der Waals surface area contributed by atoms with Crippen LogP contribution in [0.1, 0.15) is 35.4 Å². The smallest absolute Gasteiger partial charge is 0.271 e. The van der Waals surface area contributed by atoms with Gasteiger partial charge in [-0.25, -0.2) is 4.68 Å². The fourth-order valence-electron chi connectivity index (χ4n) is 3.29. The number of nitrogens with zero attached hydrogens (tertiary/aromatic N) is 3. The summed E-state index contributed by atoms with van der Waals surface area (Å²) >= 11 is 6.42. The zero-order valence-corrected chi connectivity index (χ0v) is 16.7. The molecule has 0 spiro atoms. The maximum Gasteiger partial charge on any atom is 0.271 e. The Morgan fingerprint density at radius 3 is 2.71 bits per heavy atom. The van der Waals surface area contributed by atoms with Crippen molar-refractivity contribution in [1.29, 1.82) is 0 Å². The Labute approximate surface area is 169 Å². The molecule has 1 aliphatic heterocycles. The minimum atomic E-state index is -0.310. The summed E-state index contributed by atoms with van der Waals surface area (Å²) in [4.78, 5) is 26.7. The Morgan fingerprint density at radius 2 is 2.00 bits per heavy atom. The highest BCUT2D eigenvalue weighted by Gasteiger charge is 2.25. The molecule has 3 rings (SSSR count). The van der Waals surface area contributed by atoms with Crippen molar-refractivity contribution < 1.29 is 9.53 Å². The van der Waals surface area contributed by atoms with Crippen molar-refractivity contribution >= 4 is 17.5 Å². The van der Waals surface area contributed by atoms with Crippen LogP contribution >= 0.6 is 11.6 Å². The molecule has 1 aromatic heterocycles. The molecule has 0 radical (unpaired) electrons. The quantitative estimate of drug-likeness (QED) is 0.764. The molecule has 150 valence electrons. The fourth-order valence-corrected chi connectivity index (χ4v) is 3.55. The number of ether oxygens (including phenoxy) is 1. The van der Waals surface area contributed by atoms with Crippen molar-refractivity contribution in [1.82, 2.24) is 20.0 Å². The first-order valence-electron chi connectivity index (χ1n) is 9.52. The van der Waals surface area contributed by atoms with E-state index >= 15 is 0 Å². The number of amides is 1. The van der Waals surface area contributed by atoms with E-state index in [1.807, 2.05) is 31.2 Å². The lowest BCUT2D eigenvalue weighted by Gasteiger charge is -2.35. The highest BCUT2D eigenvalue weighted by atomic mass is 35.5. The molecule has 1 aromatic carbocycles. The van der Waals surface area contributed by atoms with Crippen molar-refractivity contribution in [2.75, 3.05) is 32.8 Å². The second-order valence-corrected chi connectivity index (χ2v) is 7.08. The van der Waals surface area contributed by atoms with E-state index in [1.54, 1.807) is 0 Å². The van der Waals surface area contributed by atoms with Crippen molar-refractivity contribution in [3.05, 3.63) is 63.0 Å². The van der Waals surface area contributed by atoms with Gasteiger partial charge in [0, 0.05) is 37.3 Å². The van der Waals surface area contributed by atoms with Crippen LogP contribution in [-0.4, -0.2) is 53.4 Å². The first kappa shape index (κ1) is 20.5. The Morgan fingerprint density at radius 1 is 1.25 bits per heavy atom. The summed E-state index contributed by atoms with van der Waals surface area (Å²) in [6.45, 7) is 5.66. The molecular weight excluding hydrogens is 380 g/mol. The first-order valence-corrected chi connectivity index (χ1v) is 9.90. The third-order valence-electron chi connectivity index (χ3n) is 4.74. The van der Waals surface area contributed by atoms with Gasteiger partial charge >= 0.3 is 0 Å². The van der Waals surface area contributed by atoms with E-state index in [0.717, 1.165) is 25.1 Å². The largest absolute Gasteiger partial charge is 0.379 e. The summed E-state index contributed by atoms with van der Waals surface area (Å²) in [6, 6.07) is 10.4. The van der Waals surface area contributed by atoms with Crippen LogP contribution in [0.5, 0.6) is 0 Å². The number of hydrogen-bond donors (Lipinski definition) is 1. The SMILES string of the molecule is CCCn1nc(C(=O)NC[C@@H](c2ccccc2Cl)N2CCOCC2)ccc1=O. The van der Waals surface area contributed by atoms with Gasteiger partial charge in [-0.2, -0.15) is 5.10 Å². The number of aryl methyl sites for hydroxylation is 1. The van der Waals surface area contributed by atoms with Crippen LogP contribution < -0.4 is 10.9 Å². The first-order chi connectivity index (χ1) is 13.6. The molecule has 7 nitrogen and oxygen atoms in total. The predicted octanol–water partition coefficient (Wildman–Crippen LogP) is 2.11. The van der Waals surface area contributed by atoms with Gasteiger partial charge in [0.1, 0.15) is 5.69 Å². The number of carbonyl (C=O) groups excluding carboxylic acids is 1. The zero-order chi connectivity index (χ0) is 19.9. The average Bonchev–Trinajstić information content (AvgIpc) is 2.72. The Kier molecular flexibility index (Phi) is 7.19. The fraction of sp³-hybridized carbons (Fsp3) is 0.450. The molecule has 0 bridgehead atoms. The molecule has 1 amide bonds. The van der Waals surface area contributed by atoms with Gasteiger partial charge in [0.25, 0.3) is 11.5 Å². The molecule has 2 aromatic rings. The number of carbonyl (C=O) groups is 1. The van der Waals surface area contributed by atoms with Gasteiger partial charge in [0.05, 0.1) is 19.3 Å². The van der Waals surface area contributed by atoms with E-state index in [0.29, 0.717) is 31.3 Å². The normalized spacial score (nSPS) is 15.9. The molecule has 0 unspecified atom stereocenters. The van der Waals surface area contributed by atoms with Gasteiger partial charge in [-0.1, -0.05) is 36.7 Å². The molecule has 8 heteroatoms. The minimum absolute atomic E-state index is 0.0666. The van der Waals surface area contributed by atoms with Crippen LogP contribution in [0, 0.1) is 0 Å². The van der Waals surface area contributed by atoms with Crippen molar-refractivity contribution in [3.63, 3.8) is 0 Å². The van der Waals surface area contributed by atoms with Crippen LogP contribution in [0.25, 0.3) is 0 Å². The standard InChI is InChI=1S/C20H25ClN4O3/c1-2-9-25-19(26)8-7-17(23-25)20(27)22-14-18(24-10-12-28-13-11-24)15-5-3-4-6-16(15)21/h3-8,18H,2,9-14H2,1H3,(H,22,27)/t18-/m0/s1. The molecule has 1 N–H and O–H groups in total. The predicted molar refractivity (Wildman–Crippen MR) is 108 cm³/mol. The van der Waals surface area contributed by atoms with Gasteiger partial charge in [-0.15, -0.1) is 0 Å². The summed E-state index contributed by atoms with van der Waals surface area (Å²) in [5.41, 5.74) is 0.990. The van der Waals surface area contributed by atoms with E-state index in [9.17, 15) is 9.59 Å². The monoisotopic (exact) mass is 404 g/mol. The van der Waals surface area contributed by atoms with Crippen LogP contribution in [0.4, 0.5) is 0 Å². The maximum atomic E-state index is 12.7. The summed E-state index contributed by atoms with van der Waals surface area (Å²) in [7, 11) is 0. The number of aromatic nitrogens is 2. The summed E-state index contributed by atoms with van der Waals surface area (Å²) in [5.74, 6) is -0.310. The van der Waals surface area contributed by atoms with E-state index in [1.165, 1.54) is 16.8 Å². The number of rotatable bonds is 7. The molecule has 28 heavy (non-hydrogen) atoms. The highest BCUT2D eigenvalue weighted by Crippen LogP contribution is 2.27. The number of halogens is 1. The van der Waals surface area contributed by atoms with Crippen molar-refractivity contribution in [3.8, 4) is 0 Å². The van der Waals surface area contributed by atoms with Crippen molar-refractivity contribution in [2.24, 2.45) is 0 Å². The van der Waals surface area contributed by atoms with E-state index in [2.05, 4.69) is 15.3 Å². The molecule has 1 atom stereocenters. The van der Waals surface area contributed by atoms with Crippen LogP contribution in [0.15, 0.2) is 41.2 Å². The second-order valence-electron chi connectivity index (χ2n) is 6.68. The van der Waals surface area contributed by atoms with E-state index < -0.39 is 0 Å². The molecule has 0 aliphatic carbocycles. The second kappa shape index (κ2) is 9.82. The topological polar surface area (TPSA) is 76.5 Å². The minimum Gasteiger partial charge on any atom is -0.379 e. The van der Waals surface area contributed by atoms with Gasteiger partial charge in [-0.3, -0.25) is 14.5 Å². The molecular formula is C20H25ClN4O3. The van der Waals surface area contributed by atoms with E-state index in [-0.39, 0.29) is 23.2 Å². The molecule has 0 saturated carbocycles. The summed E-state index contributed by atoms with van der Waals surface area (Å²) in [5, 5.41) is 7.80. The number of morpholine rings is 1. The number of benzene rings is 1. The zero-order valence-electron chi connectivity index (χ0n) is 15.9. The lowest BCUT2D eigenvalue weighted by Crippen LogP contribution is -2.44. The molecule has 1 aliphatic rings. The van der Waals surface area contributed by atoms with Crippen LogP contribution in [-0.2, 0) is 11.3 Å². The van der Waals surface area contributed by atoms with Crippen LogP contribution in [0.2, 0.25) is 5.02 Å². The van der Waals surface area contributed by atoms with Crippen LogP contribution in [0.3, 0.4) is 0 Å². The maximum absolute atomic E-state index is 12.7. The Balaban J connectivity index is 1.76. The number of nitrogens with one attached hydrogen (secondary N) is 1. The molecule has 1 fully saturated rings. The average molecular weight is 405 g/mol. The van der Waals surface area contributed by atoms with Gasteiger partial charge in [-0.05, 0) is 24.1 Å². The third-order valence-corrected chi connectivity index (χ3v) is 5.09. The Hall–Kier alpha value is -2.22. The number of hydrogen-bond acceptors (Lipinski definition) is 5. The van der Waals surface area contributed by atoms with E-state index in [4.69, 9.17) is 16.3 Å². The highest BCUT2D eigenvalue weighted by molar-refractivity contribution is 6.31. The lowest BCUT2D eigenvalue weighted by atomic mass is 10.0. The van der Waals surface area contributed by atoms with Gasteiger partial charge in [0.2, 0.25) is 0 Å². The van der Waals surface area contributed by atoms with Gasteiger partial charge in [0.15, 0.2) is 0 Å². The molecule has 1 saturated heterocycles. The lowest BCUT2D eigenvalue weighted by molar-refractivity contribution is 0.0162. The molecule has 2 heterocycles. The summed E-state index contributed by atoms with van der Waals surface area (Å²) < 4.78 is 6.78. The third kappa shape index (κ3) is 4.98.